The van der Waals surface area contributed by atoms with Gasteiger partial charge in [0.15, 0.2) is 0 Å². The average Bonchev–Trinajstić information content (AvgIpc) is 2.47. The van der Waals surface area contributed by atoms with Gasteiger partial charge in [0, 0.05) is 11.8 Å². The van der Waals surface area contributed by atoms with E-state index in [1.54, 1.807) is 6.07 Å². The zero-order valence-corrected chi connectivity index (χ0v) is 18.2. The predicted molar refractivity (Wildman–Crippen MR) is 101 cm³/mol. The van der Waals surface area contributed by atoms with Gasteiger partial charge in [-0.2, -0.15) is 0 Å². The number of phenols is 1. The summed E-state index contributed by atoms with van der Waals surface area (Å²) in [6.07, 6.45) is 0. The second-order valence-electron chi connectivity index (χ2n) is 5.71. The van der Waals surface area contributed by atoms with E-state index in [-0.39, 0.29) is 5.82 Å². The van der Waals surface area contributed by atoms with Crippen LogP contribution in [0.4, 0.5) is 4.39 Å². The first-order valence-electron chi connectivity index (χ1n) is 7.25. The van der Waals surface area contributed by atoms with Crippen LogP contribution in [0.2, 0.25) is 0 Å². The van der Waals surface area contributed by atoms with E-state index in [0.29, 0.717) is 20.9 Å². The van der Waals surface area contributed by atoms with E-state index in [4.69, 9.17) is 18.6 Å². The summed E-state index contributed by atoms with van der Waals surface area (Å²) in [7, 11) is 14.0. The molecule has 0 aliphatic rings. The van der Waals surface area contributed by atoms with Gasteiger partial charge >= 0.3 is 35.6 Å². The molecule has 0 aromatic heterocycles. The van der Waals surface area contributed by atoms with Gasteiger partial charge in [0.25, 0.3) is 0 Å². The van der Waals surface area contributed by atoms with Crippen molar-refractivity contribution in [2.45, 2.75) is 20.4 Å². The van der Waals surface area contributed by atoms with Gasteiger partial charge in [-0.25, -0.2) is 4.39 Å². The van der Waals surface area contributed by atoms with E-state index >= 15 is 0 Å². The third kappa shape index (κ3) is 7.00. The summed E-state index contributed by atoms with van der Waals surface area (Å²) in [6, 6.07) is 8.87. The topological polar surface area (TPSA) is 23.5 Å². The van der Waals surface area contributed by atoms with Crippen LogP contribution in [0, 0.1) is 19.7 Å². The van der Waals surface area contributed by atoms with Crippen LogP contribution in [0.15, 0.2) is 30.3 Å². The monoisotopic (exact) mass is 423 g/mol. The predicted octanol–water partition coefficient (Wildman–Crippen LogP) is 4.22. The number of rotatable bonds is 4. The normalized spacial score (nSPS) is 10.8. The molecule has 24 heavy (non-hydrogen) atoms. The molecule has 130 valence electrons. The van der Waals surface area contributed by atoms with E-state index < -0.39 is 17.0 Å². The maximum atomic E-state index is 13.5. The Labute approximate surface area is 161 Å². The molecule has 0 saturated heterocycles. The summed E-state index contributed by atoms with van der Waals surface area (Å²) in [6.45, 7) is 4.61. The molecular weight excluding hydrogens is 403 g/mol. The van der Waals surface area contributed by atoms with Crippen molar-refractivity contribution in [3.63, 3.8) is 0 Å². The third-order valence-corrected chi connectivity index (χ3v) is 4.68. The Balaban J connectivity index is 0.000000891. The number of aryl methyl sites for hydroxylation is 2. The first-order chi connectivity index (χ1) is 11.3. The molecule has 0 bridgehead atoms. The molecule has 2 rings (SSSR count). The van der Waals surface area contributed by atoms with Gasteiger partial charge in [-0.1, -0.05) is 20.7 Å². The van der Waals surface area contributed by atoms with Crippen LogP contribution < -0.4 is 10.6 Å². The van der Waals surface area contributed by atoms with Crippen molar-refractivity contribution in [2.75, 3.05) is 14.1 Å². The zero-order valence-electron chi connectivity index (χ0n) is 14.1. The van der Waals surface area contributed by atoms with Crippen molar-refractivity contribution in [3.05, 3.63) is 52.8 Å². The van der Waals surface area contributed by atoms with Crippen LogP contribution in [0.5, 0.6) is 5.75 Å². The number of hydrogen-bond acceptors (Lipinski definition) is 2. The summed E-state index contributed by atoms with van der Waals surface area (Å²) in [5.74, 6) is 0.129. The Hall–Kier alpha value is -0.146. The fraction of sp³-hybridized carbons (Fsp3) is 0.294. The minimum absolute atomic E-state index is 0.218. The molecule has 2 aromatic rings. The number of nitrogens with zero attached hydrogens (tertiary/aromatic N) is 1. The molecule has 0 saturated carbocycles. The van der Waals surface area contributed by atoms with Crippen molar-refractivity contribution in [1.82, 2.24) is 4.90 Å². The number of hydrogen-bond donors (Lipinski definition) is 1. The van der Waals surface area contributed by atoms with E-state index in [0.717, 1.165) is 27.3 Å². The Kier molecular flexibility index (Phi) is 9.81. The summed E-state index contributed by atoms with van der Waals surface area (Å²) in [5, 5.41) is 12.2. The van der Waals surface area contributed by atoms with Gasteiger partial charge in [-0.15, -0.1) is 0 Å². The number of benzene rings is 2. The summed E-state index contributed by atoms with van der Waals surface area (Å²) < 4.78 is 13.5. The third-order valence-electron chi connectivity index (χ3n) is 3.27. The molecule has 0 radical (unpaired) electrons. The molecule has 1 atom stereocenters. The molecule has 0 spiro atoms. The molecule has 0 fully saturated rings. The first-order valence-corrected chi connectivity index (χ1v) is 12.5. The maximum absolute atomic E-state index is 13.5. The Morgan fingerprint density at radius 3 is 2.33 bits per heavy atom. The standard InChI is InChI=1S/C17H21FNOP.2ClH.Ti/c1-11-7-12(2)17(20)16(8-11)21-15-6-5-14(18)9-13(15)10-19(3)4;;;/h5-9,20-21H,10H2,1-4H3;2*1H;/q;;;+2/p-2. The number of aromatic hydroxyl groups is 1. The van der Waals surface area contributed by atoms with Crippen molar-refractivity contribution < 1.29 is 26.5 Å². The molecule has 1 unspecified atom stereocenters. The Morgan fingerprint density at radius 2 is 1.75 bits per heavy atom. The van der Waals surface area contributed by atoms with E-state index in [1.165, 1.54) is 6.07 Å². The molecule has 2 aromatic carbocycles. The van der Waals surface area contributed by atoms with Crippen LogP contribution in [0.3, 0.4) is 0 Å². The van der Waals surface area contributed by atoms with E-state index in [9.17, 15) is 9.50 Å². The number of phenolic OH excluding ortho intramolecular Hbond substituents is 1. The molecule has 0 amide bonds. The second kappa shape index (κ2) is 10.8. The molecular formula is C17H21Cl2FNOPTi. The summed E-state index contributed by atoms with van der Waals surface area (Å²) >= 11 is -0.556. The quantitative estimate of drug-likeness (QED) is 0.588. The second-order valence-corrected chi connectivity index (χ2v) is 9.62. The minimum atomic E-state index is -0.556. The summed E-state index contributed by atoms with van der Waals surface area (Å²) in [5.41, 5.74) is 2.98. The van der Waals surface area contributed by atoms with Gasteiger partial charge in [0.1, 0.15) is 11.6 Å². The molecule has 0 heterocycles. The van der Waals surface area contributed by atoms with Gasteiger partial charge in [0.2, 0.25) is 0 Å². The average molecular weight is 424 g/mol. The van der Waals surface area contributed by atoms with Crippen molar-refractivity contribution in [1.29, 1.82) is 0 Å². The van der Waals surface area contributed by atoms with E-state index in [2.05, 4.69) is 0 Å². The Bertz CT molecular complexity index is 686. The molecule has 0 aliphatic carbocycles. The van der Waals surface area contributed by atoms with Crippen LogP contribution in [-0.4, -0.2) is 24.1 Å². The van der Waals surface area contributed by atoms with E-state index in [1.807, 2.05) is 51.0 Å². The van der Waals surface area contributed by atoms with Gasteiger partial charge < -0.3 is 10.0 Å². The van der Waals surface area contributed by atoms with Crippen LogP contribution in [0.1, 0.15) is 16.7 Å². The SMILES string of the molecule is Cc1cc(C)c(O)c(Pc2ccc(F)cc2CN(C)C)c1.[Cl][Ti][Cl]. The fourth-order valence-corrected chi connectivity index (χ4v) is 3.74. The number of halogens is 3. The Morgan fingerprint density at radius 1 is 1.12 bits per heavy atom. The van der Waals surface area contributed by atoms with Gasteiger partial charge in [0.05, 0.1) is 0 Å². The van der Waals surface area contributed by atoms with Crippen LogP contribution in [0.25, 0.3) is 0 Å². The van der Waals surface area contributed by atoms with Gasteiger partial charge in [-0.3, -0.25) is 0 Å². The molecule has 0 aliphatic heterocycles. The molecule has 2 nitrogen and oxygen atoms in total. The van der Waals surface area contributed by atoms with Crippen molar-refractivity contribution >= 4 is 37.8 Å². The van der Waals surface area contributed by atoms with Crippen molar-refractivity contribution in [2.24, 2.45) is 0 Å². The van der Waals surface area contributed by atoms with Gasteiger partial charge in [-0.05, 0) is 68.1 Å². The fourth-order valence-electron chi connectivity index (χ4n) is 2.36. The first kappa shape index (κ1) is 21.9. The van der Waals surface area contributed by atoms with Crippen LogP contribution in [-0.2, 0) is 23.6 Å². The summed E-state index contributed by atoms with van der Waals surface area (Å²) in [4.78, 5) is 2.02. The van der Waals surface area contributed by atoms with Crippen molar-refractivity contribution in [3.8, 4) is 5.75 Å². The van der Waals surface area contributed by atoms with Crippen LogP contribution >= 0.6 is 27.2 Å². The molecule has 1 N–H and O–H groups in total. The molecule has 7 heteroatoms. The zero-order chi connectivity index (χ0) is 18.3.